The van der Waals surface area contributed by atoms with E-state index in [1.807, 2.05) is 30.3 Å². The molecule has 0 saturated heterocycles. The third-order valence-electron chi connectivity index (χ3n) is 3.08. The van der Waals surface area contributed by atoms with Crippen molar-refractivity contribution in [3.63, 3.8) is 0 Å². The fourth-order valence-corrected chi connectivity index (χ4v) is 3.16. The molecular formula is C17H16Cl2N2O2S. The Bertz CT molecular complexity index is 711. The quantitative estimate of drug-likeness (QED) is 0.588. The molecule has 0 atom stereocenters. The third-order valence-corrected chi connectivity index (χ3v) is 4.81. The lowest BCUT2D eigenvalue weighted by molar-refractivity contribution is -0.127. The molecule has 2 aromatic carbocycles. The summed E-state index contributed by atoms with van der Waals surface area (Å²) in [5, 5.41) is 1.08. The number of nitrogens with one attached hydrogen (secondary N) is 2. The SMILES string of the molecule is O=C(CCc1ccccc1)NNC(=O)CSc1cc(Cl)ccc1Cl. The zero-order valence-corrected chi connectivity index (χ0v) is 15.0. The van der Waals surface area contributed by atoms with E-state index >= 15 is 0 Å². The average molecular weight is 383 g/mol. The molecule has 0 aliphatic heterocycles. The highest BCUT2D eigenvalue weighted by Crippen LogP contribution is 2.29. The zero-order valence-electron chi connectivity index (χ0n) is 12.7. The molecule has 126 valence electrons. The molecule has 0 heterocycles. The lowest BCUT2D eigenvalue weighted by atomic mass is 10.1. The molecule has 2 amide bonds. The average Bonchev–Trinajstić information content (AvgIpc) is 2.59. The van der Waals surface area contributed by atoms with Gasteiger partial charge in [-0.2, -0.15) is 0 Å². The third kappa shape index (κ3) is 6.43. The maximum Gasteiger partial charge on any atom is 0.248 e. The van der Waals surface area contributed by atoms with Crippen LogP contribution in [-0.4, -0.2) is 17.6 Å². The Hall–Kier alpha value is -1.69. The van der Waals surface area contributed by atoms with Crippen LogP contribution in [0.5, 0.6) is 0 Å². The minimum atomic E-state index is -0.316. The number of hydrogen-bond donors (Lipinski definition) is 2. The van der Waals surface area contributed by atoms with Crippen LogP contribution in [0.3, 0.4) is 0 Å². The lowest BCUT2D eigenvalue weighted by Crippen LogP contribution is -2.42. The number of thioether (sulfide) groups is 1. The van der Waals surface area contributed by atoms with Crippen molar-refractivity contribution >= 4 is 46.8 Å². The second-order valence-corrected chi connectivity index (χ2v) is 6.81. The normalized spacial score (nSPS) is 10.2. The summed E-state index contributed by atoms with van der Waals surface area (Å²) in [5.74, 6) is -0.430. The van der Waals surface area contributed by atoms with Gasteiger partial charge in [-0.15, -0.1) is 11.8 Å². The van der Waals surface area contributed by atoms with E-state index in [9.17, 15) is 9.59 Å². The van der Waals surface area contributed by atoms with Crippen LogP contribution in [0.2, 0.25) is 10.0 Å². The maximum atomic E-state index is 11.8. The molecule has 2 N–H and O–H groups in total. The summed E-state index contributed by atoms with van der Waals surface area (Å²) in [4.78, 5) is 24.2. The van der Waals surface area contributed by atoms with Crippen molar-refractivity contribution in [2.45, 2.75) is 17.7 Å². The predicted molar refractivity (Wildman–Crippen MR) is 98.2 cm³/mol. The highest BCUT2D eigenvalue weighted by molar-refractivity contribution is 8.00. The summed E-state index contributed by atoms with van der Waals surface area (Å²) in [6.07, 6.45) is 0.924. The highest BCUT2D eigenvalue weighted by atomic mass is 35.5. The molecule has 0 fully saturated rings. The monoisotopic (exact) mass is 382 g/mol. The molecule has 0 saturated carbocycles. The van der Waals surface area contributed by atoms with Crippen molar-refractivity contribution in [3.05, 3.63) is 64.1 Å². The van der Waals surface area contributed by atoms with Crippen LogP contribution in [0.25, 0.3) is 0 Å². The van der Waals surface area contributed by atoms with Crippen molar-refractivity contribution in [2.24, 2.45) is 0 Å². The van der Waals surface area contributed by atoms with E-state index in [1.165, 1.54) is 11.8 Å². The summed E-state index contributed by atoms with van der Waals surface area (Å²) < 4.78 is 0. The summed E-state index contributed by atoms with van der Waals surface area (Å²) in [6, 6.07) is 14.7. The van der Waals surface area contributed by atoms with Crippen molar-refractivity contribution in [3.8, 4) is 0 Å². The first-order valence-electron chi connectivity index (χ1n) is 7.24. The van der Waals surface area contributed by atoms with Crippen LogP contribution in [0.15, 0.2) is 53.4 Å². The smallest absolute Gasteiger partial charge is 0.248 e. The summed E-state index contributed by atoms with van der Waals surface area (Å²) in [6.45, 7) is 0. The van der Waals surface area contributed by atoms with E-state index in [0.29, 0.717) is 22.9 Å². The Balaban J connectivity index is 1.69. The van der Waals surface area contributed by atoms with Crippen molar-refractivity contribution in [2.75, 3.05) is 5.75 Å². The molecule has 0 bridgehead atoms. The van der Waals surface area contributed by atoms with Gasteiger partial charge in [0.1, 0.15) is 0 Å². The number of carbonyl (C=O) groups is 2. The van der Waals surface area contributed by atoms with Crippen LogP contribution >= 0.6 is 35.0 Å². The fourth-order valence-electron chi connectivity index (χ4n) is 1.87. The summed E-state index contributed by atoms with van der Waals surface area (Å²) >= 11 is 13.2. The molecule has 0 aliphatic carbocycles. The zero-order chi connectivity index (χ0) is 17.4. The minimum absolute atomic E-state index is 0.124. The van der Waals surface area contributed by atoms with Crippen LogP contribution in [0.1, 0.15) is 12.0 Å². The predicted octanol–water partition coefficient (Wildman–Crippen LogP) is 3.87. The van der Waals surface area contributed by atoms with Crippen LogP contribution in [0.4, 0.5) is 0 Å². The van der Waals surface area contributed by atoms with Gasteiger partial charge in [0.05, 0.1) is 10.8 Å². The van der Waals surface area contributed by atoms with E-state index in [0.717, 1.165) is 10.5 Å². The van der Waals surface area contributed by atoms with E-state index < -0.39 is 0 Å². The van der Waals surface area contributed by atoms with Gasteiger partial charge in [0.2, 0.25) is 11.8 Å². The number of amides is 2. The van der Waals surface area contributed by atoms with Crippen LogP contribution < -0.4 is 10.9 Å². The largest absolute Gasteiger partial charge is 0.273 e. The lowest BCUT2D eigenvalue weighted by Gasteiger charge is -2.08. The number of rotatable bonds is 6. The van der Waals surface area contributed by atoms with Gasteiger partial charge in [0.25, 0.3) is 0 Å². The van der Waals surface area contributed by atoms with Crippen molar-refractivity contribution in [1.29, 1.82) is 0 Å². The van der Waals surface area contributed by atoms with Gasteiger partial charge in [-0.05, 0) is 30.2 Å². The van der Waals surface area contributed by atoms with Gasteiger partial charge < -0.3 is 0 Å². The van der Waals surface area contributed by atoms with E-state index in [2.05, 4.69) is 10.9 Å². The fraction of sp³-hybridized carbons (Fsp3) is 0.176. The van der Waals surface area contributed by atoms with Gasteiger partial charge >= 0.3 is 0 Å². The topological polar surface area (TPSA) is 58.2 Å². The molecule has 0 unspecified atom stereocenters. The van der Waals surface area contributed by atoms with Crippen molar-refractivity contribution < 1.29 is 9.59 Å². The number of benzene rings is 2. The first-order valence-corrected chi connectivity index (χ1v) is 8.98. The molecule has 24 heavy (non-hydrogen) atoms. The number of hydrogen-bond acceptors (Lipinski definition) is 3. The molecule has 4 nitrogen and oxygen atoms in total. The number of hydrazine groups is 1. The van der Waals surface area contributed by atoms with Gasteiger partial charge in [-0.3, -0.25) is 20.4 Å². The Labute approximate surface area is 154 Å². The van der Waals surface area contributed by atoms with Gasteiger partial charge in [-0.1, -0.05) is 53.5 Å². The van der Waals surface area contributed by atoms with Crippen LogP contribution in [-0.2, 0) is 16.0 Å². The Morgan fingerprint density at radius 2 is 1.67 bits per heavy atom. The maximum absolute atomic E-state index is 11.8. The second-order valence-electron chi connectivity index (χ2n) is 4.95. The molecule has 2 rings (SSSR count). The molecule has 2 aromatic rings. The van der Waals surface area contributed by atoms with E-state index in [-0.39, 0.29) is 17.6 Å². The summed E-state index contributed by atoms with van der Waals surface area (Å²) in [5.41, 5.74) is 5.87. The first kappa shape index (κ1) is 18.6. The van der Waals surface area contributed by atoms with Gasteiger partial charge in [0, 0.05) is 16.3 Å². The second kappa shape index (κ2) is 9.57. The minimum Gasteiger partial charge on any atom is -0.273 e. The van der Waals surface area contributed by atoms with Gasteiger partial charge in [-0.25, -0.2) is 0 Å². The number of aryl methyl sites for hydroxylation is 1. The Kier molecular flexibility index (Phi) is 7.43. The van der Waals surface area contributed by atoms with Crippen LogP contribution in [0, 0.1) is 0 Å². The first-order chi connectivity index (χ1) is 11.5. The van der Waals surface area contributed by atoms with Gasteiger partial charge in [0.15, 0.2) is 0 Å². The molecule has 0 radical (unpaired) electrons. The highest BCUT2D eigenvalue weighted by Gasteiger charge is 2.08. The molecular weight excluding hydrogens is 367 g/mol. The Morgan fingerprint density at radius 1 is 0.958 bits per heavy atom. The molecule has 7 heteroatoms. The van der Waals surface area contributed by atoms with Crippen molar-refractivity contribution in [1.82, 2.24) is 10.9 Å². The Morgan fingerprint density at radius 3 is 2.42 bits per heavy atom. The van der Waals surface area contributed by atoms with E-state index in [4.69, 9.17) is 23.2 Å². The molecule has 0 aromatic heterocycles. The van der Waals surface area contributed by atoms with E-state index in [1.54, 1.807) is 18.2 Å². The standard InChI is InChI=1S/C17H16Cl2N2O2S/c18-13-7-8-14(19)15(10-13)24-11-17(23)21-20-16(22)9-6-12-4-2-1-3-5-12/h1-5,7-8,10H,6,9,11H2,(H,20,22)(H,21,23). The molecule has 0 spiro atoms. The molecule has 0 aliphatic rings. The number of carbonyl (C=O) groups excluding carboxylic acids is 2. The summed E-state index contributed by atoms with van der Waals surface area (Å²) in [7, 11) is 0. The number of halogens is 2.